The van der Waals surface area contributed by atoms with Crippen molar-refractivity contribution in [3.05, 3.63) is 98.3 Å². The number of nitrogens with one attached hydrogen (secondary N) is 2. The predicted molar refractivity (Wildman–Crippen MR) is 113 cm³/mol. The average molecular weight is 388 g/mol. The summed E-state index contributed by atoms with van der Waals surface area (Å²) in [6, 6.07) is 15.2. The van der Waals surface area contributed by atoms with Crippen molar-refractivity contribution in [3.63, 3.8) is 0 Å². The summed E-state index contributed by atoms with van der Waals surface area (Å²) in [6.07, 6.45) is 4.29. The third-order valence-corrected chi connectivity index (χ3v) is 5.00. The van der Waals surface area contributed by atoms with Gasteiger partial charge in [0.05, 0.1) is 16.8 Å². The summed E-state index contributed by atoms with van der Waals surface area (Å²) in [5, 5.41) is 0. The SMILES string of the molecule is Cc1ccc(N2C(=O)c3ccccc3N(C)C2/C=C/c2c[nH]c(=O)[nH]c2=O)cc1. The van der Waals surface area contributed by atoms with Gasteiger partial charge in [0.2, 0.25) is 0 Å². The van der Waals surface area contributed by atoms with Gasteiger partial charge in [0.1, 0.15) is 6.17 Å². The number of benzene rings is 2. The zero-order valence-corrected chi connectivity index (χ0v) is 16.0. The first-order valence-corrected chi connectivity index (χ1v) is 9.18. The first kappa shape index (κ1) is 18.5. The molecule has 1 unspecified atom stereocenters. The van der Waals surface area contributed by atoms with Crippen LogP contribution in [0, 0.1) is 6.92 Å². The molecule has 1 amide bonds. The number of hydrogen-bond donors (Lipinski definition) is 2. The van der Waals surface area contributed by atoms with Crippen molar-refractivity contribution in [3.8, 4) is 0 Å². The minimum atomic E-state index is -0.563. The fraction of sp³-hybridized carbons (Fsp3) is 0.136. The van der Waals surface area contributed by atoms with Crippen molar-refractivity contribution in [2.75, 3.05) is 16.8 Å². The summed E-state index contributed by atoms with van der Waals surface area (Å²) < 4.78 is 0. The molecule has 7 nitrogen and oxygen atoms in total. The first-order valence-electron chi connectivity index (χ1n) is 9.18. The number of aromatic nitrogens is 2. The molecule has 4 rings (SSSR count). The Morgan fingerprint density at radius 3 is 2.45 bits per heavy atom. The minimum Gasteiger partial charge on any atom is -0.350 e. The Morgan fingerprint density at radius 1 is 1.00 bits per heavy atom. The normalized spacial score (nSPS) is 16.3. The lowest BCUT2D eigenvalue weighted by Gasteiger charge is -2.42. The molecule has 29 heavy (non-hydrogen) atoms. The molecule has 3 aromatic rings. The zero-order chi connectivity index (χ0) is 20.5. The van der Waals surface area contributed by atoms with Crippen molar-refractivity contribution in [1.29, 1.82) is 0 Å². The molecule has 0 bridgehead atoms. The number of para-hydroxylation sites is 1. The second kappa shape index (κ2) is 7.27. The van der Waals surface area contributed by atoms with Crippen LogP contribution in [0.15, 0.2) is 70.4 Å². The van der Waals surface area contributed by atoms with E-state index in [-0.39, 0.29) is 5.91 Å². The van der Waals surface area contributed by atoms with Gasteiger partial charge in [-0.05, 0) is 43.3 Å². The van der Waals surface area contributed by atoms with Gasteiger partial charge >= 0.3 is 5.69 Å². The van der Waals surface area contributed by atoms with E-state index in [0.717, 1.165) is 16.9 Å². The van der Waals surface area contributed by atoms with E-state index in [2.05, 4.69) is 9.97 Å². The molecular weight excluding hydrogens is 368 g/mol. The molecule has 1 aliphatic rings. The molecule has 1 atom stereocenters. The van der Waals surface area contributed by atoms with Crippen molar-refractivity contribution in [1.82, 2.24) is 9.97 Å². The highest BCUT2D eigenvalue weighted by Gasteiger charge is 2.35. The maximum absolute atomic E-state index is 13.3. The van der Waals surface area contributed by atoms with Crippen LogP contribution < -0.4 is 21.0 Å². The number of carbonyl (C=O) groups excluding carboxylic acids is 1. The summed E-state index contributed by atoms with van der Waals surface area (Å²) in [4.78, 5) is 44.9. The van der Waals surface area contributed by atoms with Crippen LogP contribution in [0.4, 0.5) is 11.4 Å². The highest BCUT2D eigenvalue weighted by atomic mass is 16.2. The molecule has 0 spiro atoms. The number of carbonyl (C=O) groups is 1. The van der Waals surface area contributed by atoms with E-state index in [1.807, 2.05) is 67.4 Å². The summed E-state index contributed by atoms with van der Waals surface area (Å²) in [7, 11) is 1.90. The van der Waals surface area contributed by atoms with Gasteiger partial charge in [-0.15, -0.1) is 0 Å². The highest BCUT2D eigenvalue weighted by molar-refractivity contribution is 6.12. The maximum Gasteiger partial charge on any atom is 0.325 e. The van der Waals surface area contributed by atoms with Crippen LogP contribution in [0.3, 0.4) is 0 Å². The second-order valence-corrected chi connectivity index (χ2v) is 6.94. The number of H-pyrrole nitrogens is 2. The van der Waals surface area contributed by atoms with Crippen molar-refractivity contribution >= 4 is 23.4 Å². The van der Waals surface area contributed by atoms with E-state index < -0.39 is 17.4 Å². The molecular formula is C22H20N4O3. The quantitative estimate of drug-likeness (QED) is 0.722. The number of nitrogens with zero attached hydrogens (tertiary/aromatic N) is 2. The molecule has 0 saturated heterocycles. The molecule has 1 aromatic heterocycles. The molecule has 0 saturated carbocycles. The van der Waals surface area contributed by atoms with Gasteiger partial charge in [-0.1, -0.05) is 29.8 Å². The number of anilines is 2. The molecule has 0 aliphatic carbocycles. The highest BCUT2D eigenvalue weighted by Crippen LogP contribution is 2.33. The third-order valence-electron chi connectivity index (χ3n) is 5.00. The molecule has 146 valence electrons. The van der Waals surface area contributed by atoms with Gasteiger partial charge in [-0.25, -0.2) is 4.79 Å². The average Bonchev–Trinajstić information content (AvgIpc) is 2.71. The third kappa shape index (κ3) is 3.38. The smallest absolute Gasteiger partial charge is 0.325 e. The Labute approximate surface area is 166 Å². The minimum absolute atomic E-state index is 0.118. The Hall–Kier alpha value is -3.87. The molecule has 1 aliphatic heterocycles. The predicted octanol–water partition coefficient (Wildman–Crippen LogP) is 2.51. The number of amides is 1. The van der Waals surface area contributed by atoms with Gasteiger partial charge < -0.3 is 9.88 Å². The lowest BCUT2D eigenvalue weighted by molar-refractivity contribution is 0.0975. The van der Waals surface area contributed by atoms with Gasteiger partial charge in [0.15, 0.2) is 0 Å². The topological polar surface area (TPSA) is 89.3 Å². The van der Waals surface area contributed by atoms with Gasteiger partial charge in [0, 0.05) is 18.9 Å². The van der Waals surface area contributed by atoms with Gasteiger partial charge in [0.25, 0.3) is 11.5 Å². The maximum atomic E-state index is 13.3. The van der Waals surface area contributed by atoms with Gasteiger partial charge in [-0.3, -0.25) is 19.5 Å². The molecule has 2 aromatic carbocycles. The van der Waals surface area contributed by atoms with Crippen LogP contribution in [-0.4, -0.2) is 29.1 Å². The van der Waals surface area contributed by atoms with Crippen LogP contribution in [0.25, 0.3) is 6.08 Å². The van der Waals surface area contributed by atoms with Crippen LogP contribution in [0.5, 0.6) is 0 Å². The number of aryl methyl sites for hydroxylation is 1. The summed E-state index contributed by atoms with van der Waals surface area (Å²) in [6.45, 7) is 1.99. The Balaban J connectivity index is 1.82. The second-order valence-electron chi connectivity index (χ2n) is 6.94. The van der Waals surface area contributed by atoms with Crippen LogP contribution >= 0.6 is 0 Å². The largest absolute Gasteiger partial charge is 0.350 e. The van der Waals surface area contributed by atoms with E-state index in [0.29, 0.717) is 11.1 Å². The number of likely N-dealkylation sites (N-methyl/N-ethyl adjacent to an activating group) is 1. The van der Waals surface area contributed by atoms with Crippen molar-refractivity contribution in [2.24, 2.45) is 0 Å². The van der Waals surface area contributed by atoms with Gasteiger partial charge in [-0.2, -0.15) is 0 Å². The van der Waals surface area contributed by atoms with Crippen LogP contribution in [0.1, 0.15) is 21.5 Å². The Morgan fingerprint density at radius 2 is 1.72 bits per heavy atom. The van der Waals surface area contributed by atoms with E-state index >= 15 is 0 Å². The number of hydrogen-bond acceptors (Lipinski definition) is 4. The molecule has 0 radical (unpaired) electrons. The van der Waals surface area contributed by atoms with E-state index in [4.69, 9.17) is 0 Å². The van der Waals surface area contributed by atoms with Crippen molar-refractivity contribution < 1.29 is 4.79 Å². The van der Waals surface area contributed by atoms with E-state index in [1.165, 1.54) is 6.20 Å². The monoisotopic (exact) mass is 388 g/mol. The summed E-state index contributed by atoms with van der Waals surface area (Å²) >= 11 is 0. The molecule has 2 heterocycles. The lowest BCUT2D eigenvalue weighted by Crippen LogP contribution is -2.53. The first-order chi connectivity index (χ1) is 14.0. The molecule has 0 fully saturated rings. The van der Waals surface area contributed by atoms with E-state index in [9.17, 15) is 14.4 Å². The summed E-state index contributed by atoms with van der Waals surface area (Å²) in [5.41, 5.74) is 2.52. The number of rotatable bonds is 3. The molecule has 2 N–H and O–H groups in total. The van der Waals surface area contributed by atoms with Crippen LogP contribution in [-0.2, 0) is 0 Å². The number of aromatic amines is 2. The molecule has 7 heteroatoms. The summed E-state index contributed by atoms with van der Waals surface area (Å²) in [5.74, 6) is -0.118. The van der Waals surface area contributed by atoms with Crippen LogP contribution in [0.2, 0.25) is 0 Å². The van der Waals surface area contributed by atoms with E-state index in [1.54, 1.807) is 17.1 Å². The Kier molecular flexibility index (Phi) is 4.64. The lowest BCUT2D eigenvalue weighted by atomic mass is 10.0. The van der Waals surface area contributed by atoms with Crippen molar-refractivity contribution in [2.45, 2.75) is 13.1 Å². The Bertz CT molecular complexity index is 1210. The number of fused-ring (bicyclic) bond motifs is 1. The fourth-order valence-corrected chi connectivity index (χ4v) is 3.45. The zero-order valence-electron chi connectivity index (χ0n) is 16.0. The fourth-order valence-electron chi connectivity index (χ4n) is 3.45. The standard InChI is InChI=1S/C22H20N4O3/c1-14-7-10-16(11-8-14)26-19(12-9-15-13-23-22(29)24-20(15)27)25(2)18-6-4-3-5-17(18)21(26)28/h3-13,19H,1-2H3,(H2,23,24,27,29)/b12-9+.